The molecule has 1 aromatic carbocycles. The molecule has 0 aliphatic carbocycles. The molecule has 0 saturated carbocycles. The number of likely N-dealkylation sites (tertiary alicyclic amines) is 1. The fourth-order valence-corrected chi connectivity index (χ4v) is 2.80. The highest BCUT2D eigenvalue weighted by Gasteiger charge is 2.30. The van der Waals surface area contributed by atoms with E-state index >= 15 is 0 Å². The number of hydrogen-bond acceptors (Lipinski definition) is 4. The zero-order chi connectivity index (χ0) is 15.6. The molecule has 1 saturated heterocycles. The van der Waals surface area contributed by atoms with Gasteiger partial charge in [0.05, 0.1) is 4.92 Å². The molecule has 0 aromatic heterocycles. The van der Waals surface area contributed by atoms with Gasteiger partial charge in [0.15, 0.2) is 0 Å². The summed E-state index contributed by atoms with van der Waals surface area (Å²) in [5.74, 6) is -0.129. The van der Waals surface area contributed by atoms with E-state index in [2.05, 4.69) is 0 Å². The Hall–Kier alpha value is -1.37. The second-order valence-electron chi connectivity index (χ2n) is 5.43. The predicted octanol–water partition coefficient (Wildman–Crippen LogP) is 2.87. The number of carbonyl (C=O) groups excluding carboxylic acids is 1. The van der Waals surface area contributed by atoms with Crippen LogP contribution in [0, 0.1) is 16.0 Å². The Morgan fingerprint density at radius 3 is 2.82 bits per heavy atom. The van der Waals surface area contributed by atoms with E-state index in [0.29, 0.717) is 18.1 Å². The van der Waals surface area contributed by atoms with Crippen molar-refractivity contribution in [1.29, 1.82) is 0 Å². The zero-order valence-electron chi connectivity index (χ0n) is 12.2. The van der Waals surface area contributed by atoms with Crippen LogP contribution in [0.25, 0.3) is 0 Å². The van der Waals surface area contributed by atoms with Gasteiger partial charge in [-0.05, 0) is 37.8 Å². The molecule has 8 heteroatoms. The first-order chi connectivity index (χ1) is 9.90. The summed E-state index contributed by atoms with van der Waals surface area (Å²) in [7, 11) is 0. The first kappa shape index (κ1) is 18.7. The van der Waals surface area contributed by atoms with E-state index in [4.69, 9.17) is 17.3 Å². The molecule has 1 aromatic rings. The summed E-state index contributed by atoms with van der Waals surface area (Å²) in [5.41, 5.74) is 5.73. The minimum atomic E-state index is -0.559. The minimum Gasteiger partial charge on any atom is -0.338 e. The smallest absolute Gasteiger partial charge is 0.282 e. The highest BCUT2D eigenvalue weighted by atomic mass is 35.5. The molecule has 22 heavy (non-hydrogen) atoms. The van der Waals surface area contributed by atoms with Crippen molar-refractivity contribution in [3.63, 3.8) is 0 Å². The van der Waals surface area contributed by atoms with E-state index in [9.17, 15) is 14.9 Å². The maximum atomic E-state index is 12.6. The lowest BCUT2D eigenvalue weighted by Crippen LogP contribution is -2.45. The van der Waals surface area contributed by atoms with Crippen LogP contribution in [0.1, 0.15) is 30.1 Å². The number of benzene rings is 1. The first-order valence-electron chi connectivity index (χ1n) is 6.89. The number of hydrogen-bond donors (Lipinski definition) is 1. The van der Waals surface area contributed by atoms with Gasteiger partial charge in [0.25, 0.3) is 11.6 Å². The number of halogens is 2. The van der Waals surface area contributed by atoms with Crippen LogP contribution in [0.15, 0.2) is 18.2 Å². The number of carbonyl (C=O) groups is 1. The van der Waals surface area contributed by atoms with Crippen LogP contribution in [0.3, 0.4) is 0 Å². The molecule has 0 radical (unpaired) electrons. The molecule has 1 aliphatic rings. The van der Waals surface area contributed by atoms with Crippen LogP contribution in [0.5, 0.6) is 0 Å². The van der Waals surface area contributed by atoms with Gasteiger partial charge in [-0.3, -0.25) is 14.9 Å². The fraction of sp³-hybridized carbons (Fsp3) is 0.500. The number of piperidine rings is 1. The van der Waals surface area contributed by atoms with Crippen molar-refractivity contribution in [3.05, 3.63) is 38.9 Å². The Balaban J connectivity index is 0.00000242. The Labute approximate surface area is 140 Å². The monoisotopic (exact) mass is 347 g/mol. The van der Waals surface area contributed by atoms with Gasteiger partial charge in [-0.1, -0.05) is 11.6 Å². The molecule has 0 spiro atoms. The van der Waals surface area contributed by atoms with E-state index in [-0.39, 0.29) is 41.5 Å². The van der Waals surface area contributed by atoms with E-state index in [1.54, 1.807) is 4.90 Å². The normalized spacial score (nSPS) is 19.2. The molecule has 6 nitrogen and oxygen atoms in total. The molecular weight excluding hydrogens is 329 g/mol. The van der Waals surface area contributed by atoms with Crippen LogP contribution in [-0.4, -0.2) is 34.9 Å². The number of nitro groups is 1. The largest absolute Gasteiger partial charge is 0.338 e. The number of nitrogens with two attached hydrogens (primary N) is 1. The van der Waals surface area contributed by atoms with Gasteiger partial charge >= 0.3 is 0 Å². The van der Waals surface area contributed by atoms with E-state index in [1.165, 1.54) is 18.2 Å². The van der Waals surface area contributed by atoms with Gasteiger partial charge in [0.1, 0.15) is 5.56 Å². The van der Waals surface area contributed by atoms with Crippen LogP contribution < -0.4 is 5.73 Å². The molecule has 2 unspecified atom stereocenters. The summed E-state index contributed by atoms with van der Waals surface area (Å²) in [6.45, 7) is 3.03. The number of nitrogens with zero attached hydrogens (tertiary/aromatic N) is 2. The second-order valence-corrected chi connectivity index (χ2v) is 5.87. The Bertz CT molecular complexity index is 566. The molecule has 1 fully saturated rings. The molecule has 2 N–H and O–H groups in total. The van der Waals surface area contributed by atoms with Crippen molar-refractivity contribution in [2.75, 3.05) is 13.1 Å². The van der Waals surface area contributed by atoms with Crippen LogP contribution >= 0.6 is 24.0 Å². The van der Waals surface area contributed by atoms with Gasteiger partial charge in [-0.25, -0.2) is 0 Å². The summed E-state index contributed by atoms with van der Waals surface area (Å²) in [6.07, 6.45) is 1.82. The molecule has 2 atom stereocenters. The third kappa shape index (κ3) is 4.09. The van der Waals surface area contributed by atoms with Gasteiger partial charge in [-0.15, -0.1) is 12.4 Å². The van der Waals surface area contributed by atoms with Crippen molar-refractivity contribution in [1.82, 2.24) is 4.90 Å². The summed E-state index contributed by atoms with van der Waals surface area (Å²) >= 11 is 5.87. The highest BCUT2D eigenvalue weighted by Crippen LogP contribution is 2.27. The van der Waals surface area contributed by atoms with E-state index < -0.39 is 4.92 Å². The number of amides is 1. The van der Waals surface area contributed by atoms with Crippen molar-refractivity contribution in [2.24, 2.45) is 11.7 Å². The maximum absolute atomic E-state index is 12.6. The minimum absolute atomic E-state index is 0. The SMILES string of the molecule is CC(N)C1CCCN(C(=O)c2cc(Cl)ccc2[N+](=O)[O-])C1.Cl. The van der Waals surface area contributed by atoms with E-state index in [1.807, 2.05) is 6.92 Å². The topological polar surface area (TPSA) is 89.5 Å². The van der Waals surface area contributed by atoms with Crippen molar-refractivity contribution in [2.45, 2.75) is 25.8 Å². The first-order valence-corrected chi connectivity index (χ1v) is 7.26. The molecule has 122 valence electrons. The molecule has 1 amide bonds. The lowest BCUT2D eigenvalue weighted by Gasteiger charge is -2.34. The lowest BCUT2D eigenvalue weighted by molar-refractivity contribution is -0.385. The number of rotatable bonds is 3. The molecule has 0 bridgehead atoms. The Kier molecular flexibility index (Phi) is 6.59. The van der Waals surface area contributed by atoms with Crippen LogP contribution in [-0.2, 0) is 0 Å². The third-order valence-electron chi connectivity index (χ3n) is 3.87. The van der Waals surface area contributed by atoms with Gasteiger partial charge in [0.2, 0.25) is 0 Å². The summed E-state index contributed by atoms with van der Waals surface area (Å²) in [5, 5.41) is 11.4. The lowest BCUT2D eigenvalue weighted by atomic mass is 9.92. The second kappa shape index (κ2) is 7.76. The number of nitro benzene ring substituents is 1. The summed E-state index contributed by atoms with van der Waals surface area (Å²) in [4.78, 5) is 24.7. The zero-order valence-corrected chi connectivity index (χ0v) is 13.8. The highest BCUT2D eigenvalue weighted by molar-refractivity contribution is 6.31. The predicted molar refractivity (Wildman–Crippen MR) is 87.6 cm³/mol. The van der Waals surface area contributed by atoms with Crippen molar-refractivity contribution >= 4 is 35.6 Å². The summed E-state index contributed by atoms with van der Waals surface area (Å²) < 4.78 is 0. The summed E-state index contributed by atoms with van der Waals surface area (Å²) in [6, 6.07) is 4.03. The van der Waals surface area contributed by atoms with Crippen LogP contribution in [0.4, 0.5) is 5.69 Å². The maximum Gasteiger partial charge on any atom is 0.282 e. The average molecular weight is 348 g/mol. The third-order valence-corrected chi connectivity index (χ3v) is 4.11. The van der Waals surface area contributed by atoms with Crippen molar-refractivity contribution < 1.29 is 9.72 Å². The van der Waals surface area contributed by atoms with Gasteiger partial charge < -0.3 is 10.6 Å². The van der Waals surface area contributed by atoms with E-state index in [0.717, 1.165) is 12.8 Å². The quantitative estimate of drug-likeness (QED) is 0.672. The molecule has 1 aliphatic heterocycles. The van der Waals surface area contributed by atoms with Crippen molar-refractivity contribution in [3.8, 4) is 0 Å². The molecule has 1 heterocycles. The standard InChI is InChI=1S/C14H18ClN3O3.ClH/c1-9(16)10-3-2-6-17(8-10)14(19)12-7-11(15)4-5-13(12)18(20)21;/h4-5,7,9-10H,2-3,6,8,16H2,1H3;1H. The molecule has 2 rings (SSSR count). The fourth-order valence-electron chi connectivity index (χ4n) is 2.63. The average Bonchev–Trinajstić information content (AvgIpc) is 2.46. The Morgan fingerprint density at radius 1 is 1.55 bits per heavy atom. The molecular formula is C14H19Cl2N3O3. The van der Waals surface area contributed by atoms with Gasteiger partial charge in [-0.2, -0.15) is 0 Å². The van der Waals surface area contributed by atoms with Gasteiger partial charge in [0, 0.05) is 30.2 Å². The Morgan fingerprint density at radius 2 is 2.23 bits per heavy atom. The van der Waals surface area contributed by atoms with Crippen LogP contribution in [0.2, 0.25) is 5.02 Å².